The molecule has 0 bridgehead atoms. The van der Waals surface area contributed by atoms with E-state index in [4.69, 9.17) is 14.6 Å². The number of rotatable bonds is 1. The fourth-order valence-corrected chi connectivity index (χ4v) is 1.54. The van der Waals surface area contributed by atoms with Crippen molar-refractivity contribution in [3.05, 3.63) is 17.7 Å². The first-order chi connectivity index (χ1) is 6.68. The van der Waals surface area contributed by atoms with Gasteiger partial charge >= 0.3 is 5.97 Å². The van der Waals surface area contributed by atoms with Gasteiger partial charge in [0.1, 0.15) is 18.8 Å². The van der Waals surface area contributed by atoms with E-state index in [0.29, 0.717) is 29.6 Å². The number of carboxylic acids is 1. The van der Waals surface area contributed by atoms with E-state index in [2.05, 4.69) is 12.6 Å². The highest BCUT2D eigenvalue weighted by Gasteiger charge is 2.20. The summed E-state index contributed by atoms with van der Waals surface area (Å²) in [4.78, 5) is 11.4. The van der Waals surface area contributed by atoms with Gasteiger partial charge in [0, 0.05) is 4.90 Å². The molecule has 0 amide bonds. The quantitative estimate of drug-likeness (QED) is 0.692. The Morgan fingerprint density at radius 2 is 2.07 bits per heavy atom. The number of hydrogen-bond acceptors (Lipinski definition) is 4. The molecule has 1 N–H and O–H groups in total. The predicted octanol–water partition coefficient (Wildman–Crippen LogP) is 1.44. The third-order valence-electron chi connectivity index (χ3n) is 1.86. The van der Waals surface area contributed by atoms with Crippen LogP contribution in [0.5, 0.6) is 11.5 Å². The molecule has 1 aromatic rings. The van der Waals surface area contributed by atoms with Crippen molar-refractivity contribution >= 4 is 18.6 Å². The Hall–Kier alpha value is -1.36. The Kier molecular flexibility index (Phi) is 2.25. The van der Waals surface area contributed by atoms with E-state index in [1.807, 2.05) is 0 Å². The number of carboxylic acid groups (broad SMARTS) is 1. The summed E-state index contributed by atoms with van der Waals surface area (Å²) in [5, 5.41) is 8.90. The maximum absolute atomic E-state index is 10.9. The smallest absolute Gasteiger partial charge is 0.339 e. The molecule has 1 aromatic carbocycles. The van der Waals surface area contributed by atoms with Crippen LogP contribution in [-0.4, -0.2) is 24.3 Å². The van der Waals surface area contributed by atoms with Gasteiger partial charge in [-0.1, -0.05) is 0 Å². The minimum atomic E-state index is -1.04. The highest BCUT2D eigenvalue weighted by Crippen LogP contribution is 2.36. The molecule has 1 aliphatic rings. The Morgan fingerprint density at radius 1 is 1.36 bits per heavy atom. The molecule has 5 heteroatoms. The third-order valence-corrected chi connectivity index (χ3v) is 2.12. The van der Waals surface area contributed by atoms with Crippen molar-refractivity contribution in [3.63, 3.8) is 0 Å². The molecule has 1 aliphatic heterocycles. The Morgan fingerprint density at radius 3 is 2.79 bits per heavy atom. The second kappa shape index (κ2) is 3.42. The number of fused-ring (bicyclic) bond motifs is 1. The molecule has 0 fully saturated rings. The van der Waals surface area contributed by atoms with Gasteiger partial charge in [0.25, 0.3) is 0 Å². The first-order valence-corrected chi connectivity index (χ1v) is 4.49. The summed E-state index contributed by atoms with van der Waals surface area (Å²) in [6, 6.07) is 3.09. The number of thiol groups is 1. The molecule has 0 unspecified atom stereocenters. The predicted molar refractivity (Wildman–Crippen MR) is 51.6 cm³/mol. The Balaban J connectivity index is 2.58. The maximum atomic E-state index is 10.9. The summed E-state index contributed by atoms with van der Waals surface area (Å²) in [5.41, 5.74) is 0.0900. The molecular formula is C9H8O4S. The number of ether oxygens (including phenoxy) is 2. The van der Waals surface area contributed by atoms with Crippen LogP contribution in [-0.2, 0) is 0 Å². The number of benzene rings is 1. The first kappa shape index (κ1) is 9.21. The van der Waals surface area contributed by atoms with E-state index >= 15 is 0 Å². The molecule has 14 heavy (non-hydrogen) atoms. The minimum absolute atomic E-state index is 0.0900. The molecule has 0 aromatic heterocycles. The monoisotopic (exact) mass is 212 g/mol. The largest absolute Gasteiger partial charge is 0.486 e. The summed E-state index contributed by atoms with van der Waals surface area (Å²) in [6.45, 7) is 0.808. The summed E-state index contributed by atoms with van der Waals surface area (Å²) < 4.78 is 10.5. The molecule has 0 saturated heterocycles. The average molecular weight is 212 g/mol. The van der Waals surface area contributed by atoms with Crippen LogP contribution in [0.1, 0.15) is 10.4 Å². The molecule has 4 nitrogen and oxygen atoms in total. The molecular weight excluding hydrogens is 204 g/mol. The van der Waals surface area contributed by atoms with E-state index in [9.17, 15) is 4.79 Å². The summed E-state index contributed by atoms with van der Waals surface area (Å²) in [6.07, 6.45) is 0. The van der Waals surface area contributed by atoms with Crippen molar-refractivity contribution in [1.82, 2.24) is 0 Å². The van der Waals surface area contributed by atoms with Crippen LogP contribution < -0.4 is 9.47 Å². The van der Waals surface area contributed by atoms with Crippen molar-refractivity contribution in [2.45, 2.75) is 4.90 Å². The van der Waals surface area contributed by atoms with Crippen molar-refractivity contribution in [2.75, 3.05) is 13.2 Å². The number of hydrogen-bond donors (Lipinski definition) is 2. The zero-order chi connectivity index (χ0) is 10.1. The van der Waals surface area contributed by atoms with Gasteiger partial charge in [0.15, 0.2) is 11.5 Å². The van der Waals surface area contributed by atoms with E-state index in [1.54, 1.807) is 6.07 Å². The van der Waals surface area contributed by atoms with Gasteiger partial charge in [0.2, 0.25) is 0 Å². The fraction of sp³-hybridized carbons (Fsp3) is 0.222. The SMILES string of the molecule is O=C(O)c1cc(S)cc2c1OCCO2. The lowest BCUT2D eigenvalue weighted by Gasteiger charge is -2.20. The van der Waals surface area contributed by atoms with Crippen molar-refractivity contribution < 1.29 is 19.4 Å². The van der Waals surface area contributed by atoms with Crippen LogP contribution in [0.3, 0.4) is 0 Å². The second-order valence-electron chi connectivity index (χ2n) is 2.82. The van der Waals surface area contributed by atoms with Crippen molar-refractivity contribution in [1.29, 1.82) is 0 Å². The van der Waals surface area contributed by atoms with Gasteiger partial charge in [-0.2, -0.15) is 0 Å². The highest BCUT2D eigenvalue weighted by molar-refractivity contribution is 7.80. The maximum Gasteiger partial charge on any atom is 0.339 e. The normalized spacial score (nSPS) is 13.8. The standard InChI is InChI=1S/C9H8O4S/c10-9(11)6-3-5(14)4-7-8(6)13-2-1-12-7/h3-4,14H,1-2H2,(H,10,11). The van der Waals surface area contributed by atoms with Gasteiger partial charge in [-0.3, -0.25) is 0 Å². The molecule has 2 rings (SSSR count). The van der Waals surface area contributed by atoms with Crippen molar-refractivity contribution in [2.24, 2.45) is 0 Å². The van der Waals surface area contributed by atoms with Crippen LogP contribution in [0.2, 0.25) is 0 Å². The van der Waals surface area contributed by atoms with Crippen LogP contribution in [0, 0.1) is 0 Å². The molecule has 0 saturated carbocycles. The minimum Gasteiger partial charge on any atom is -0.486 e. The fourth-order valence-electron chi connectivity index (χ4n) is 1.30. The van der Waals surface area contributed by atoms with Gasteiger partial charge in [-0.15, -0.1) is 12.6 Å². The lowest BCUT2D eigenvalue weighted by Crippen LogP contribution is -2.17. The Bertz CT molecular complexity index is 389. The highest BCUT2D eigenvalue weighted by atomic mass is 32.1. The van der Waals surface area contributed by atoms with E-state index in [0.717, 1.165) is 0 Å². The van der Waals surface area contributed by atoms with Crippen LogP contribution >= 0.6 is 12.6 Å². The van der Waals surface area contributed by atoms with Gasteiger partial charge in [0.05, 0.1) is 0 Å². The van der Waals surface area contributed by atoms with E-state index in [-0.39, 0.29) is 5.56 Å². The second-order valence-corrected chi connectivity index (χ2v) is 3.34. The average Bonchev–Trinajstić information content (AvgIpc) is 2.16. The number of carbonyl (C=O) groups is 1. The molecule has 1 heterocycles. The number of aromatic carboxylic acids is 1. The summed E-state index contributed by atoms with van der Waals surface area (Å²) >= 11 is 4.08. The topological polar surface area (TPSA) is 55.8 Å². The third kappa shape index (κ3) is 1.50. The molecule has 0 spiro atoms. The molecule has 0 atom stereocenters. The van der Waals surface area contributed by atoms with Crippen molar-refractivity contribution in [3.8, 4) is 11.5 Å². The van der Waals surface area contributed by atoms with Crippen LogP contribution in [0.25, 0.3) is 0 Å². The van der Waals surface area contributed by atoms with Gasteiger partial charge in [-0.05, 0) is 12.1 Å². The van der Waals surface area contributed by atoms with Gasteiger partial charge in [-0.25, -0.2) is 4.79 Å². The summed E-state index contributed by atoms with van der Waals surface area (Å²) in [5.74, 6) is -0.301. The molecule has 0 radical (unpaired) electrons. The summed E-state index contributed by atoms with van der Waals surface area (Å²) in [7, 11) is 0. The van der Waals surface area contributed by atoms with Crippen LogP contribution in [0.4, 0.5) is 0 Å². The van der Waals surface area contributed by atoms with E-state index < -0.39 is 5.97 Å². The van der Waals surface area contributed by atoms with E-state index in [1.165, 1.54) is 6.07 Å². The first-order valence-electron chi connectivity index (χ1n) is 4.04. The zero-order valence-corrected chi connectivity index (χ0v) is 8.08. The van der Waals surface area contributed by atoms with Crippen LogP contribution in [0.15, 0.2) is 17.0 Å². The molecule has 74 valence electrons. The lowest BCUT2D eigenvalue weighted by atomic mass is 10.2. The van der Waals surface area contributed by atoms with Gasteiger partial charge < -0.3 is 14.6 Å². The molecule has 0 aliphatic carbocycles. The Labute approximate surface area is 85.9 Å². The lowest BCUT2D eigenvalue weighted by molar-refractivity contribution is 0.0685. The zero-order valence-electron chi connectivity index (χ0n) is 7.19.